The van der Waals surface area contributed by atoms with E-state index in [1.54, 1.807) is 12.1 Å². The van der Waals surface area contributed by atoms with Gasteiger partial charge in [-0.25, -0.2) is 0 Å². The van der Waals surface area contributed by atoms with Gasteiger partial charge in [-0.2, -0.15) is 0 Å². The minimum absolute atomic E-state index is 0.0793. The molecule has 0 bridgehead atoms. The Morgan fingerprint density at radius 1 is 1.50 bits per heavy atom. The second-order valence-corrected chi connectivity index (χ2v) is 3.39. The predicted molar refractivity (Wildman–Crippen MR) is 56.3 cm³/mol. The van der Waals surface area contributed by atoms with Gasteiger partial charge < -0.3 is 10.3 Å². The molecule has 0 atom stereocenters. The molecule has 0 aromatic heterocycles. The summed E-state index contributed by atoms with van der Waals surface area (Å²) in [6, 6.07) is 4.65. The van der Waals surface area contributed by atoms with Crippen LogP contribution < -0.4 is 0 Å². The molecule has 1 aromatic rings. The van der Waals surface area contributed by atoms with Crippen LogP contribution in [-0.2, 0) is 0 Å². The highest BCUT2D eigenvalue weighted by atomic mass is 35.5. The van der Waals surface area contributed by atoms with Crippen molar-refractivity contribution in [3.05, 3.63) is 28.8 Å². The molecular weight excluding hydrogens is 202 g/mol. The van der Waals surface area contributed by atoms with Gasteiger partial charge >= 0.3 is 0 Å². The summed E-state index contributed by atoms with van der Waals surface area (Å²) >= 11 is 5.77. The molecule has 0 aliphatic heterocycles. The van der Waals surface area contributed by atoms with Crippen LogP contribution >= 0.6 is 11.6 Å². The van der Waals surface area contributed by atoms with Crippen LogP contribution in [0.1, 0.15) is 25.3 Å². The van der Waals surface area contributed by atoms with Crippen molar-refractivity contribution in [3.8, 4) is 5.75 Å². The van der Waals surface area contributed by atoms with E-state index in [1.807, 2.05) is 6.92 Å². The summed E-state index contributed by atoms with van der Waals surface area (Å²) in [5.74, 6) is 0.0793. The molecule has 0 heterocycles. The van der Waals surface area contributed by atoms with Crippen LogP contribution in [0.15, 0.2) is 23.4 Å². The summed E-state index contributed by atoms with van der Waals surface area (Å²) < 4.78 is 0. The number of phenols is 1. The van der Waals surface area contributed by atoms with Crippen LogP contribution in [0.5, 0.6) is 5.75 Å². The van der Waals surface area contributed by atoms with Crippen molar-refractivity contribution in [2.75, 3.05) is 0 Å². The Morgan fingerprint density at radius 3 is 2.79 bits per heavy atom. The first-order valence-corrected chi connectivity index (χ1v) is 4.76. The monoisotopic (exact) mass is 213 g/mol. The molecule has 14 heavy (non-hydrogen) atoms. The molecule has 1 rings (SSSR count). The van der Waals surface area contributed by atoms with Crippen molar-refractivity contribution in [2.24, 2.45) is 5.16 Å². The number of phenolic OH excluding ortho intramolecular Hbond substituents is 1. The highest BCUT2D eigenvalue weighted by Crippen LogP contribution is 2.23. The molecule has 1 aromatic carbocycles. The van der Waals surface area contributed by atoms with E-state index in [0.717, 1.165) is 6.42 Å². The van der Waals surface area contributed by atoms with Gasteiger partial charge in [0.2, 0.25) is 0 Å². The van der Waals surface area contributed by atoms with Crippen molar-refractivity contribution >= 4 is 17.3 Å². The smallest absolute Gasteiger partial charge is 0.124 e. The Bertz CT molecular complexity index is 350. The van der Waals surface area contributed by atoms with Gasteiger partial charge in [-0.3, -0.25) is 0 Å². The Morgan fingerprint density at radius 2 is 2.21 bits per heavy atom. The summed E-state index contributed by atoms with van der Waals surface area (Å²) in [6.07, 6.45) is 1.44. The number of nitrogens with zero attached hydrogens (tertiary/aromatic N) is 1. The van der Waals surface area contributed by atoms with E-state index in [2.05, 4.69) is 5.16 Å². The van der Waals surface area contributed by atoms with Crippen LogP contribution in [0.4, 0.5) is 0 Å². The van der Waals surface area contributed by atoms with Gasteiger partial charge in [0, 0.05) is 10.6 Å². The molecule has 0 saturated heterocycles. The summed E-state index contributed by atoms with van der Waals surface area (Å²) in [4.78, 5) is 0. The standard InChI is InChI=1S/C10H12ClNO2/c1-2-3-9(12-14)8-6-7(11)4-5-10(8)13/h4-6,13-14H,2-3H2,1H3/b12-9-. The van der Waals surface area contributed by atoms with Crippen LogP contribution in [0.3, 0.4) is 0 Å². The Balaban J connectivity index is 3.09. The van der Waals surface area contributed by atoms with E-state index in [0.29, 0.717) is 22.7 Å². The zero-order chi connectivity index (χ0) is 10.6. The van der Waals surface area contributed by atoms with Gasteiger partial charge in [0.25, 0.3) is 0 Å². The lowest BCUT2D eigenvalue weighted by Gasteiger charge is -2.05. The number of rotatable bonds is 3. The average Bonchev–Trinajstić information content (AvgIpc) is 2.18. The van der Waals surface area contributed by atoms with Crippen LogP contribution in [0.2, 0.25) is 5.02 Å². The number of aromatic hydroxyl groups is 1. The molecule has 0 aliphatic rings. The van der Waals surface area contributed by atoms with Gasteiger partial charge in [-0.05, 0) is 24.6 Å². The van der Waals surface area contributed by atoms with Gasteiger partial charge in [-0.15, -0.1) is 0 Å². The zero-order valence-corrected chi connectivity index (χ0v) is 8.62. The van der Waals surface area contributed by atoms with Crippen molar-refractivity contribution in [3.63, 3.8) is 0 Å². The summed E-state index contributed by atoms with van der Waals surface area (Å²) in [5, 5.41) is 21.9. The van der Waals surface area contributed by atoms with Crippen molar-refractivity contribution < 1.29 is 10.3 Å². The van der Waals surface area contributed by atoms with Gasteiger partial charge in [0.1, 0.15) is 5.75 Å². The molecular formula is C10H12ClNO2. The van der Waals surface area contributed by atoms with E-state index in [9.17, 15) is 5.11 Å². The van der Waals surface area contributed by atoms with E-state index in [-0.39, 0.29) is 5.75 Å². The first-order chi connectivity index (χ1) is 6.69. The molecule has 4 heteroatoms. The number of hydrogen-bond acceptors (Lipinski definition) is 3. The second-order valence-electron chi connectivity index (χ2n) is 2.96. The Labute approximate surface area is 87.6 Å². The van der Waals surface area contributed by atoms with Gasteiger partial charge in [0.15, 0.2) is 0 Å². The second kappa shape index (κ2) is 4.86. The summed E-state index contributed by atoms with van der Waals surface area (Å²) in [5.41, 5.74) is 0.939. The third kappa shape index (κ3) is 2.39. The summed E-state index contributed by atoms with van der Waals surface area (Å²) in [6.45, 7) is 1.97. The molecule has 3 nitrogen and oxygen atoms in total. The quantitative estimate of drug-likeness (QED) is 0.461. The van der Waals surface area contributed by atoms with E-state index < -0.39 is 0 Å². The molecule has 2 N–H and O–H groups in total. The lowest BCUT2D eigenvalue weighted by atomic mass is 10.1. The number of halogens is 1. The predicted octanol–water partition coefficient (Wildman–Crippen LogP) is 3.02. The van der Waals surface area contributed by atoms with Crippen molar-refractivity contribution in [2.45, 2.75) is 19.8 Å². The normalized spacial score (nSPS) is 11.7. The molecule has 76 valence electrons. The van der Waals surface area contributed by atoms with E-state index in [1.165, 1.54) is 6.07 Å². The van der Waals surface area contributed by atoms with Crippen LogP contribution in [-0.4, -0.2) is 16.0 Å². The third-order valence-corrected chi connectivity index (χ3v) is 2.11. The minimum atomic E-state index is 0.0793. The fraction of sp³-hybridized carbons (Fsp3) is 0.300. The fourth-order valence-corrected chi connectivity index (χ4v) is 1.39. The molecule has 0 radical (unpaired) electrons. The topological polar surface area (TPSA) is 52.8 Å². The third-order valence-electron chi connectivity index (χ3n) is 1.88. The van der Waals surface area contributed by atoms with Crippen molar-refractivity contribution in [1.82, 2.24) is 0 Å². The van der Waals surface area contributed by atoms with E-state index in [4.69, 9.17) is 16.8 Å². The first-order valence-electron chi connectivity index (χ1n) is 4.38. The maximum absolute atomic E-state index is 9.51. The molecule has 0 saturated carbocycles. The van der Waals surface area contributed by atoms with E-state index >= 15 is 0 Å². The lowest BCUT2D eigenvalue weighted by molar-refractivity contribution is 0.317. The first kappa shape index (κ1) is 10.9. The number of hydrogen-bond donors (Lipinski definition) is 2. The Kier molecular flexibility index (Phi) is 3.77. The number of oxime groups is 1. The summed E-state index contributed by atoms with van der Waals surface area (Å²) in [7, 11) is 0. The fourth-order valence-electron chi connectivity index (χ4n) is 1.21. The molecule has 0 amide bonds. The van der Waals surface area contributed by atoms with Crippen LogP contribution in [0, 0.1) is 0 Å². The lowest BCUT2D eigenvalue weighted by Crippen LogP contribution is -2.00. The maximum Gasteiger partial charge on any atom is 0.124 e. The zero-order valence-electron chi connectivity index (χ0n) is 7.87. The largest absolute Gasteiger partial charge is 0.507 e. The number of benzene rings is 1. The minimum Gasteiger partial charge on any atom is -0.507 e. The highest BCUT2D eigenvalue weighted by Gasteiger charge is 2.09. The van der Waals surface area contributed by atoms with Crippen molar-refractivity contribution in [1.29, 1.82) is 0 Å². The van der Waals surface area contributed by atoms with Gasteiger partial charge in [-0.1, -0.05) is 30.1 Å². The molecule has 0 unspecified atom stereocenters. The molecule has 0 spiro atoms. The SMILES string of the molecule is CCC/C(=N/O)c1cc(Cl)ccc1O. The van der Waals surface area contributed by atoms with Gasteiger partial charge in [0.05, 0.1) is 5.71 Å². The highest BCUT2D eigenvalue weighted by molar-refractivity contribution is 6.31. The molecule has 0 aliphatic carbocycles. The average molecular weight is 214 g/mol. The maximum atomic E-state index is 9.51. The molecule has 0 fully saturated rings. The van der Waals surface area contributed by atoms with Crippen LogP contribution in [0.25, 0.3) is 0 Å². The Hall–Kier alpha value is -1.22.